The number of ether oxygens (including phenoxy) is 1. The van der Waals surface area contributed by atoms with Crippen molar-refractivity contribution < 1.29 is 18.6 Å². The largest absolute Gasteiger partial charge is 0.394 e. The molecule has 0 aliphatic carbocycles. The quantitative estimate of drug-likeness (QED) is 0.491. The lowest BCUT2D eigenvalue weighted by Gasteiger charge is -2.15. The molecule has 0 aromatic carbocycles. The summed E-state index contributed by atoms with van der Waals surface area (Å²) in [6.07, 6.45) is 0. The van der Waals surface area contributed by atoms with Gasteiger partial charge in [0.1, 0.15) is 6.61 Å². The van der Waals surface area contributed by atoms with E-state index in [0.29, 0.717) is 0 Å². The summed E-state index contributed by atoms with van der Waals surface area (Å²) in [7, 11) is 0. The van der Waals surface area contributed by atoms with Gasteiger partial charge in [-0.05, 0) is 12.5 Å². The lowest BCUT2D eigenvalue weighted by atomic mass is 10.2. The summed E-state index contributed by atoms with van der Waals surface area (Å²) in [5.41, 5.74) is -0.226. The zero-order valence-corrected chi connectivity index (χ0v) is 6.44. The highest BCUT2D eigenvalue weighted by molar-refractivity contribution is 5.03. The molecular weight excluding hydrogens is 154 g/mol. The lowest BCUT2D eigenvalue weighted by molar-refractivity contribution is -0.0543. The molecule has 0 aromatic rings. The van der Waals surface area contributed by atoms with Gasteiger partial charge in [0, 0.05) is 0 Å². The molecule has 0 amide bonds. The van der Waals surface area contributed by atoms with E-state index in [4.69, 9.17) is 5.11 Å². The van der Waals surface area contributed by atoms with Crippen LogP contribution in [0.3, 0.4) is 0 Å². The van der Waals surface area contributed by atoms with Gasteiger partial charge >= 0.3 is 0 Å². The first-order valence-electron chi connectivity index (χ1n) is 3.23. The molecule has 0 aromatic heterocycles. The van der Waals surface area contributed by atoms with Crippen LogP contribution in [0, 0.1) is 0 Å². The van der Waals surface area contributed by atoms with Crippen molar-refractivity contribution in [3.8, 4) is 0 Å². The van der Waals surface area contributed by atoms with Crippen LogP contribution in [0.2, 0.25) is 0 Å². The topological polar surface area (TPSA) is 29.5 Å². The number of aliphatic hydroxyl groups is 1. The van der Waals surface area contributed by atoms with Crippen LogP contribution in [0.15, 0.2) is 12.2 Å². The lowest BCUT2D eigenvalue weighted by Crippen LogP contribution is -2.25. The van der Waals surface area contributed by atoms with Crippen LogP contribution in [-0.4, -0.2) is 30.8 Å². The normalized spacial score (nSPS) is 11.6. The second-order valence-electron chi connectivity index (χ2n) is 2.26. The van der Waals surface area contributed by atoms with E-state index in [1.807, 2.05) is 0 Å². The zero-order chi connectivity index (χ0) is 8.91. The summed E-state index contributed by atoms with van der Waals surface area (Å²) >= 11 is 0. The Labute approximate surface area is 64.5 Å². The molecule has 0 rings (SSSR count). The molecule has 0 saturated carbocycles. The van der Waals surface area contributed by atoms with E-state index in [1.54, 1.807) is 0 Å². The fraction of sp³-hybridized carbons (Fsp3) is 0.714. The Morgan fingerprint density at radius 2 is 2.18 bits per heavy atom. The third kappa shape index (κ3) is 4.06. The Bertz CT molecular complexity index is 134. The molecule has 0 spiro atoms. The Morgan fingerprint density at radius 3 is 2.55 bits per heavy atom. The van der Waals surface area contributed by atoms with Crippen molar-refractivity contribution in [1.82, 2.24) is 0 Å². The maximum Gasteiger partial charge on any atom is 0.291 e. The van der Waals surface area contributed by atoms with Crippen LogP contribution in [0.1, 0.15) is 6.92 Å². The smallest absolute Gasteiger partial charge is 0.291 e. The van der Waals surface area contributed by atoms with E-state index in [2.05, 4.69) is 11.3 Å². The maximum atomic E-state index is 12.6. The van der Waals surface area contributed by atoms with Crippen LogP contribution in [0.4, 0.5) is 8.78 Å². The second kappa shape index (κ2) is 4.41. The maximum absolute atomic E-state index is 12.6. The van der Waals surface area contributed by atoms with Crippen molar-refractivity contribution >= 4 is 0 Å². The number of alkyl halides is 2. The molecule has 0 radical (unpaired) electrons. The van der Waals surface area contributed by atoms with E-state index in [0.717, 1.165) is 0 Å². The molecule has 0 fully saturated rings. The average Bonchev–Trinajstić information content (AvgIpc) is 1.88. The van der Waals surface area contributed by atoms with Gasteiger partial charge in [0.25, 0.3) is 5.92 Å². The molecule has 1 N–H and O–H groups in total. The summed E-state index contributed by atoms with van der Waals surface area (Å²) in [5, 5.41) is 8.21. The standard InChI is InChI=1S/C7H12F2O2/c1-6(2)7(8,9)5-11-4-3-10/h10H,1,3-5H2,2H3. The Kier molecular flexibility index (Phi) is 4.22. The van der Waals surface area contributed by atoms with Crippen LogP contribution in [-0.2, 0) is 4.74 Å². The van der Waals surface area contributed by atoms with Crippen LogP contribution < -0.4 is 0 Å². The van der Waals surface area contributed by atoms with Crippen molar-refractivity contribution in [2.75, 3.05) is 19.8 Å². The van der Waals surface area contributed by atoms with Crippen LogP contribution >= 0.6 is 0 Å². The van der Waals surface area contributed by atoms with Gasteiger partial charge in [-0.1, -0.05) is 6.58 Å². The molecule has 11 heavy (non-hydrogen) atoms. The summed E-state index contributed by atoms with van der Waals surface area (Å²) in [6.45, 7) is 3.34. The molecule has 0 heterocycles. The van der Waals surface area contributed by atoms with Gasteiger partial charge in [-0.25, -0.2) is 0 Å². The first-order valence-corrected chi connectivity index (χ1v) is 3.23. The highest BCUT2D eigenvalue weighted by Crippen LogP contribution is 2.21. The zero-order valence-electron chi connectivity index (χ0n) is 6.44. The summed E-state index contributed by atoms with van der Waals surface area (Å²) in [6, 6.07) is 0. The molecule has 4 heteroatoms. The Balaban J connectivity index is 3.64. The summed E-state index contributed by atoms with van der Waals surface area (Å²) in [5.74, 6) is -2.98. The van der Waals surface area contributed by atoms with Crippen LogP contribution in [0.25, 0.3) is 0 Å². The first-order chi connectivity index (χ1) is 5.00. The summed E-state index contributed by atoms with van der Waals surface area (Å²) < 4.78 is 29.6. The third-order valence-electron chi connectivity index (χ3n) is 1.14. The molecule has 2 nitrogen and oxygen atoms in total. The monoisotopic (exact) mass is 166 g/mol. The second-order valence-corrected chi connectivity index (χ2v) is 2.26. The van der Waals surface area contributed by atoms with Gasteiger partial charge in [0.2, 0.25) is 0 Å². The van der Waals surface area contributed by atoms with Crippen LogP contribution in [0.5, 0.6) is 0 Å². The van der Waals surface area contributed by atoms with Gasteiger partial charge in [0.05, 0.1) is 13.2 Å². The van der Waals surface area contributed by atoms with Gasteiger partial charge in [-0.15, -0.1) is 0 Å². The minimum absolute atomic E-state index is 0.0666. The molecular formula is C7H12F2O2. The van der Waals surface area contributed by atoms with Crippen molar-refractivity contribution in [2.24, 2.45) is 0 Å². The molecule has 0 aliphatic heterocycles. The van der Waals surface area contributed by atoms with E-state index in [1.165, 1.54) is 6.92 Å². The number of aliphatic hydroxyl groups excluding tert-OH is 1. The minimum Gasteiger partial charge on any atom is -0.394 e. The minimum atomic E-state index is -2.98. The first kappa shape index (κ1) is 10.5. The number of rotatable bonds is 5. The SMILES string of the molecule is C=C(C)C(F)(F)COCCO. The molecule has 0 bridgehead atoms. The van der Waals surface area contributed by atoms with E-state index in [9.17, 15) is 8.78 Å². The molecule has 0 aliphatic rings. The summed E-state index contributed by atoms with van der Waals surface area (Å²) in [4.78, 5) is 0. The highest BCUT2D eigenvalue weighted by Gasteiger charge is 2.29. The fourth-order valence-electron chi connectivity index (χ4n) is 0.388. The highest BCUT2D eigenvalue weighted by atomic mass is 19.3. The van der Waals surface area contributed by atoms with Crippen molar-refractivity contribution in [3.63, 3.8) is 0 Å². The number of hydrogen-bond acceptors (Lipinski definition) is 2. The molecule has 66 valence electrons. The predicted molar refractivity (Wildman–Crippen MR) is 37.7 cm³/mol. The van der Waals surface area contributed by atoms with E-state index in [-0.39, 0.29) is 18.8 Å². The Morgan fingerprint density at radius 1 is 1.64 bits per heavy atom. The molecule has 0 saturated heterocycles. The van der Waals surface area contributed by atoms with Gasteiger partial charge in [0.15, 0.2) is 0 Å². The van der Waals surface area contributed by atoms with Gasteiger partial charge < -0.3 is 9.84 Å². The third-order valence-corrected chi connectivity index (χ3v) is 1.14. The van der Waals surface area contributed by atoms with E-state index < -0.39 is 12.5 Å². The molecule has 0 atom stereocenters. The van der Waals surface area contributed by atoms with Gasteiger partial charge in [-0.2, -0.15) is 8.78 Å². The van der Waals surface area contributed by atoms with Crippen molar-refractivity contribution in [1.29, 1.82) is 0 Å². The van der Waals surface area contributed by atoms with E-state index >= 15 is 0 Å². The Hall–Kier alpha value is -0.480. The average molecular weight is 166 g/mol. The molecule has 0 unspecified atom stereocenters. The van der Waals surface area contributed by atoms with Gasteiger partial charge in [-0.3, -0.25) is 0 Å². The number of hydrogen-bond donors (Lipinski definition) is 1. The van der Waals surface area contributed by atoms with Crippen molar-refractivity contribution in [2.45, 2.75) is 12.8 Å². The predicted octanol–water partition coefficient (Wildman–Crippen LogP) is 1.21. The number of halogens is 2. The van der Waals surface area contributed by atoms with Crippen molar-refractivity contribution in [3.05, 3.63) is 12.2 Å². The fourth-order valence-corrected chi connectivity index (χ4v) is 0.388.